The minimum absolute atomic E-state index is 0.00834. The third-order valence-corrected chi connectivity index (χ3v) is 5.87. The summed E-state index contributed by atoms with van der Waals surface area (Å²) in [4.78, 5) is 30.1. The molecule has 0 saturated heterocycles. The zero-order chi connectivity index (χ0) is 23.4. The Kier molecular flexibility index (Phi) is 6.50. The van der Waals surface area contributed by atoms with Crippen LogP contribution in [0.1, 0.15) is 37.0 Å². The Labute approximate surface area is 195 Å². The van der Waals surface area contributed by atoms with Crippen molar-refractivity contribution in [2.24, 2.45) is 0 Å². The molecule has 5 heteroatoms. The molecule has 0 saturated carbocycles. The Morgan fingerprint density at radius 1 is 0.909 bits per heavy atom. The fraction of sp³-hybridized carbons (Fsp3) is 0.286. The highest BCUT2D eigenvalue weighted by atomic mass is 16.5. The van der Waals surface area contributed by atoms with Gasteiger partial charge < -0.3 is 14.5 Å². The van der Waals surface area contributed by atoms with Gasteiger partial charge in [0.1, 0.15) is 5.75 Å². The van der Waals surface area contributed by atoms with Crippen molar-refractivity contribution in [1.29, 1.82) is 0 Å². The number of anilines is 1. The summed E-state index contributed by atoms with van der Waals surface area (Å²) in [5.41, 5.74) is 2.94. The molecule has 4 rings (SSSR count). The summed E-state index contributed by atoms with van der Waals surface area (Å²) in [7, 11) is 0. The Morgan fingerprint density at radius 3 is 2.06 bits per heavy atom. The van der Waals surface area contributed by atoms with Crippen molar-refractivity contribution in [3.8, 4) is 5.75 Å². The van der Waals surface area contributed by atoms with E-state index >= 15 is 0 Å². The van der Waals surface area contributed by atoms with E-state index in [4.69, 9.17) is 4.74 Å². The molecule has 0 bridgehead atoms. The van der Waals surface area contributed by atoms with Gasteiger partial charge in [-0.2, -0.15) is 0 Å². The number of fused-ring (bicyclic) bond motifs is 1. The van der Waals surface area contributed by atoms with Gasteiger partial charge in [-0.1, -0.05) is 66.7 Å². The molecule has 1 aliphatic heterocycles. The second-order valence-corrected chi connectivity index (χ2v) is 9.01. The summed E-state index contributed by atoms with van der Waals surface area (Å²) in [6.45, 7) is 6.87. The van der Waals surface area contributed by atoms with Gasteiger partial charge in [0.2, 0.25) is 5.91 Å². The lowest BCUT2D eigenvalue weighted by atomic mass is 10.0. The third-order valence-electron chi connectivity index (χ3n) is 5.87. The number of carbonyl (C=O) groups excluding carboxylic acids is 2. The van der Waals surface area contributed by atoms with E-state index in [1.54, 1.807) is 18.7 Å². The maximum atomic E-state index is 13.4. The predicted molar refractivity (Wildman–Crippen MR) is 130 cm³/mol. The van der Waals surface area contributed by atoms with E-state index in [9.17, 15) is 9.59 Å². The minimum atomic E-state index is -0.973. The molecule has 0 atom stereocenters. The van der Waals surface area contributed by atoms with Crippen LogP contribution < -0.4 is 9.64 Å². The van der Waals surface area contributed by atoms with Crippen molar-refractivity contribution in [3.05, 3.63) is 95.6 Å². The van der Waals surface area contributed by atoms with Crippen LogP contribution in [0.3, 0.4) is 0 Å². The van der Waals surface area contributed by atoms with E-state index in [1.165, 1.54) is 0 Å². The first-order valence-electron chi connectivity index (χ1n) is 11.3. The molecule has 0 spiro atoms. The summed E-state index contributed by atoms with van der Waals surface area (Å²) in [6, 6.07) is 25.8. The second kappa shape index (κ2) is 9.49. The SMILES string of the molecule is Cc1ccc2c(c1)N(CCC(=O)N(Cc1ccccc1)Cc1ccccc1)C(=O)C(C)(C)O2. The molecular formula is C28H30N2O3. The Hall–Kier alpha value is -3.60. The molecule has 3 aromatic carbocycles. The Bertz CT molecular complexity index is 1080. The van der Waals surface area contributed by atoms with Gasteiger partial charge in [0.25, 0.3) is 5.91 Å². The lowest BCUT2D eigenvalue weighted by molar-refractivity contribution is -0.134. The molecular weight excluding hydrogens is 412 g/mol. The van der Waals surface area contributed by atoms with Crippen molar-refractivity contribution in [2.45, 2.75) is 45.9 Å². The number of hydrogen-bond donors (Lipinski definition) is 0. The van der Waals surface area contributed by atoms with Crippen LogP contribution in [0.15, 0.2) is 78.9 Å². The van der Waals surface area contributed by atoms with Crippen LogP contribution in [-0.2, 0) is 22.7 Å². The maximum absolute atomic E-state index is 13.4. The molecule has 0 aromatic heterocycles. The summed E-state index contributed by atoms with van der Waals surface area (Å²) >= 11 is 0. The zero-order valence-electron chi connectivity index (χ0n) is 19.5. The van der Waals surface area contributed by atoms with Gasteiger partial charge in [0.15, 0.2) is 5.60 Å². The van der Waals surface area contributed by atoms with Gasteiger partial charge in [-0.3, -0.25) is 9.59 Å². The third kappa shape index (κ3) is 5.25. The lowest BCUT2D eigenvalue weighted by Crippen LogP contribution is -2.53. The zero-order valence-corrected chi connectivity index (χ0v) is 19.5. The van der Waals surface area contributed by atoms with E-state index in [0.29, 0.717) is 25.4 Å². The summed E-state index contributed by atoms with van der Waals surface area (Å²) in [6.07, 6.45) is 0.231. The van der Waals surface area contributed by atoms with Crippen LogP contribution >= 0.6 is 0 Å². The first kappa shape index (κ1) is 22.6. The molecule has 0 fully saturated rings. The Balaban J connectivity index is 1.54. The van der Waals surface area contributed by atoms with E-state index in [1.807, 2.05) is 90.7 Å². The molecule has 0 N–H and O–H groups in total. The average molecular weight is 443 g/mol. The Morgan fingerprint density at radius 2 is 1.48 bits per heavy atom. The van der Waals surface area contributed by atoms with Crippen molar-refractivity contribution in [2.75, 3.05) is 11.4 Å². The molecule has 1 heterocycles. The fourth-order valence-corrected chi connectivity index (χ4v) is 4.11. The van der Waals surface area contributed by atoms with Crippen LogP contribution in [0.2, 0.25) is 0 Å². The van der Waals surface area contributed by atoms with Gasteiger partial charge in [0.05, 0.1) is 5.69 Å². The monoisotopic (exact) mass is 442 g/mol. The number of amides is 2. The lowest BCUT2D eigenvalue weighted by Gasteiger charge is -2.39. The normalized spacial score (nSPS) is 14.4. The molecule has 33 heavy (non-hydrogen) atoms. The summed E-state index contributed by atoms with van der Waals surface area (Å²) in [5.74, 6) is 0.545. The first-order valence-corrected chi connectivity index (χ1v) is 11.3. The number of benzene rings is 3. The predicted octanol–water partition coefficient (Wildman–Crippen LogP) is 5.12. The van der Waals surface area contributed by atoms with Gasteiger partial charge in [-0.05, 0) is 49.6 Å². The van der Waals surface area contributed by atoms with E-state index in [0.717, 1.165) is 22.4 Å². The van der Waals surface area contributed by atoms with Gasteiger partial charge >= 0.3 is 0 Å². The van der Waals surface area contributed by atoms with E-state index in [-0.39, 0.29) is 18.2 Å². The topological polar surface area (TPSA) is 49.9 Å². The van der Waals surface area contributed by atoms with Crippen molar-refractivity contribution >= 4 is 17.5 Å². The molecule has 3 aromatic rings. The van der Waals surface area contributed by atoms with Crippen LogP contribution in [0.25, 0.3) is 0 Å². The highest BCUT2D eigenvalue weighted by Gasteiger charge is 2.41. The highest BCUT2D eigenvalue weighted by Crippen LogP contribution is 2.38. The number of hydrogen-bond acceptors (Lipinski definition) is 3. The molecule has 2 amide bonds. The molecule has 0 aliphatic carbocycles. The average Bonchev–Trinajstić information content (AvgIpc) is 2.80. The van der Waals surface area contributed by atoms with Gasteiger partial charge in [-0.25, -0.2) is 0 Å². The molecule has 0 unspecified atom stereocenters. The quantitative estimate of drug-likeness (QED) is 0.510. The highest BCUT2D eigenvalue weighted by molar-refractivity contribution is 6.02. The fourth-order valence-electron chi connectivity index (χ4n) is 4.11. The van der Waals surface area contributed by atoms with Crippen LogP contribution in [0.5, 0.6) is 5.75 Å². The largest absolute Gasteiger partial charge is 0.476 e. The number of rotatable bonds is 7. The summed E-state index contributed by atoms with van der Waals surface area (Å²) < 4.78 is 5.94. The summed E-state index contributed by atoms with van der Waals surface area (Å²) in [5, 5.41) is 0. The van der Waals surface area contributed by atoms with Crippen LogP contribution in [-0.4, -0.2) is 28.9 Å². The van der Waals surface area contributed by atoms with Crippen molar-refractivity contribution < 1.29 is 14.3 Å². The van der Waals surface area contributed by atoms with E-state index in [2.05, 4.69) is 0 Å². The van der Waals surface area contributed by atoms with Gasteiger partial charge in [0, 0.05) is 26.1 Å². The second-order valence-electron chi connectivity index (χ2n) is 9.01. The number of ether oxygens (including phenoxy) is 1. The van der Waals surface area contributed by atoms with Crippen molar-refractivity contribution in [1.82, 2.24) is 4.90 Å². The maximum Gasteiger partial charge on any atom is 0.270 e. The standard InChI is InChI=1S/C28H30N2O3/c1-21-14-15-25-24(18-21)30(27(32)28(2,3)33-25)17-16-26(31)29(19-22-10-6-4-7-11-22)20-23-12-8-5-9-13-23/h4-15,18H,16-17,19-20H2,1-3H3. The molecule has 1 aliphatic rings. The first-order chi connectivity index (χ1) is 15.8. The number of carbonyl (C=O) groups is 2. The van der Waals surface area contributed by atoms with Crippen LogP contribution in [0.4, 0.5) is 5.69 Å². The molecule has 5 nitrogen and oxygen atoms in total. The smallest absolute Gasteiger partial charge is 0.270 e. The molecule has 0 radical (unpaired) electrons. The van der Waals surface area contributed by atoms with E-state index < -0.39 is 5.60 Å². The van der Waals surface area contributed by atoms with Crippen molar-refractivity contribution in [3.63, 3.8) is 0 Å². The van der Waals surface area contributed by atoms with Crippen LogP contribution in [0, 0.1) is 6.92 Å². The van der Waals surface area contributed by atoms with Gasteiger partial charge in [-0.15, -0.1) is 0 Å². The number of nitrogens with zero attached hydrogens (tertiary/aromatic N) is 2. The number of aryl methyl sites for hydroxylation is 1. The minimum Gasteiger partial charge on any atom is -0.476 e. The molecule has 170 valence electrons.